The summed E-state index contributed by atoms with van der Waals surface area (Å²) in [5.41, 5.74) is 3.02. The predicted octanol–water partition coefficient (Wildman–Crippen LogP) is 5.39. The average Bonchev–Trinajstić information content (AvgIpc) is 3.47. The molecule has 27 heavy (non-hydrogen) atoms. The van der Waals surface area contributed by atoms with Gasteiger partial charge in [0.2, 0.25) is 5.91 Å². The number of carbonyl (C=O) groups excluding carboxylic acids is 1. The van der Waals surface area contributed by atoms with Crippen molar-refractivity contribution in [2.45, 2.75) is 25.3 Å². The molecule has 4 aromatic rings. The van der Waals surface area contributed by atoms with E-state index in [-0.39, 0.29) is 11.9 Å². The van der Waals surface area contributed by atoms with Gasteiger partial charge in [0, 0.05) is 22.9 Å². The van der Waals surface area contributed by atoms with Crippen molar-refractivity contribution in [3.8, 4) is 10.6 Å². The first-order valence-electron chi connectivity index (χ1n) is 8.90. The first-order valence-corrected chi connectivity index (χ1v) is 11.5. The topological polar surface area (TPSA) is 46.1 Å². The zero-order valence-electron chi connectivity index (χ0n) is 14.5. The molecule has 0 aliphatic carbocycles. The Bertz CT molecular complexity index is 1050. The van der Waals surface area contributed by atoms with E-state index >= 15 is 0 Å². The summed E-state index contributed by atoms with van der Waals surface area (Å²) in [6, 6.07) is 10.4. The number of para-hydroxylation sites is 1. The summed E-state index contributed by atoms with van der Waals surface area (Å²) >= 11 is 4.98. The molecule has 1 amide bonds. The highest BCUT2D eigenvalue weighted by atomic mass is 32.1. The van der Waals surface area contributed by atoms with Crippen molar-refractivity contribution in [1.29, 1.82) is 0 Å². The molecule has 0 radical (unpaired) electrons. The first-order chi connectivity index (χ1) is 13.3. The lowest BCUT2D eigenvalue weighted by atomic mass is 10.2. The molecule has 7 heteroatoms. The van der Waals surface area contributed by atoms with Crippen LogP contribution in [0.2, 0.25) is 0 Å². The third-order valence-corrected chi connectivity index (χ3v) is 7.58. The first kappa shape index (κ1) is 17.0. The molecule has 3 aromatic heterocycles. The van der Waals surface area contributed by atoms with E-state index in [0.29, 0.717) is 6.42 Å². The number of aromatic nitrogens is 2. The van der Waals surface area contributed by atoms with E-state index in [1.54, 1.807) is 34.0 Å². The number of nitrogens with zero attached hydrogens (tertiary/aromatic N) is 3. The van der Waals surface area contributed by atoms with Crippen molar-refractivity contribution in [1.82, 2.24) is 14.9 Å². The molecule has 0 N–H and O–H groups in total. The number of hydrogen-bond acceptors (Lipinski definition) is 6. The van der Waals surface area contributed by atoms with Crippen molar-refractivity contribution >= 4 is 50.1 Å². The Kier molecular flexibility index (Phi) is 4.51. The van der Waals surface area contributed by atoms with E-state index < -0.39 is 0 Å². The van der Waals surface area contributed by atoms with Crippen molar-refractivity contribution in [2.75, 3.05) is 6.54 Å². The van der Waals surface area contributed by atoms with E-state index in [1.807, 2.05) is 33.9 Å². The van der Waals surface area contributed by atoms with Gasteiger partial charge < -0.3 is 4.90 Å². The largest absolute Gasteiger partial charge is 0.333 e. The minimum Gasteiger partial charge on any atom is -0.333 e. The summed E-state index contributed by atoms with van der Waals surface area (Å²) in [5, 5.41) is 8.19. The van der Waals surface area contributed by atoms with Crippen LogP contribution in [0.3, 0.4) is 0 Å². The minimum absolute atomic E-state index is 0.102. The number of fused-ring (bicyclic) bond motifs is 1. The molecule has 4 heterocycles. The van der Waals surface area contributed by atoms with E-state index in [0.717, 1.165) is 46.2 Å². The van der Waals surface area contributed by atoms with E-state index in [9.17, 15) is 4.79 Å². The quantitative estimate of drug-likeness (QED) is 0.452. The second-order valence-electron chi connectivity index (χ2n) is 6.60. The third kappa shape index (κ3) is 3.31. The smallest absolute Gasteiger partial charge is 0.229 e. The summed E-state index contributed by atoms with van der Waals surface area (Å²) in [6.45, 7) is 0.806. The molecule has 1 fully saturated rings. The molecule has 1 aliphatic rings. The number of hydrogen-bond donors (Lipinski definition) is 0. The maximum Gasteiger partial charge on any atom is 0.229 e. The maximum absolute atomic E-state index is 13.0. The van der Waals surface area contributed by atoms with Gasteiger partial charge in [-0.3, -0.25) is 4.79 Å². The zero-order valence-corrected chi connectivity index (χ0v) is 16.9. The third-order valence-electron chi connectivity index (χ3n) is 4.82. The summed E-state index contributed by atoms with van der Waals surface area (Å²) in [6.07, 6.45) is 2.38. The van der Waals surface area contributed by atoms with Gasteiger partial charge >= 0.3 is 0 Å². The van der Waals surface area contributed by atoms with Crippen LogP contribution in [-0.2, 0) is 11.2 Å². The Balaban J connectivity index is 1.34. The van der Waals surface area contributed by atoms with Gasteiger partial charge in [0.1, 0.15) is 10.0 Å². The lowest BCUT2D eigenvalue weighted by Gasteiger charge is -2.22. The van der Waals surface area contributed by atoms with Gasteiger partial charge in [-0.2, -0.15) is 11.3 Å². The Morgan fingerprint density at radius 3 is 2.96 bits per heavy atom. The van der Waals surface area contributed by atoms with Crippen LogP contribution >= 0.6 is 34.0 Å². The van der Waals surface area contributed by atoms with E-state index in [1.165, 1.54) is 4.70 Å². The Morgan fingerprint density at radius 1 is 1.19 bits per heavy atom. The Hall–Kier alpha value is -2.09. The van der Waals surface area contributed by atoms with Crippen LogP contribution in [0.4, 0.5) is 0 Å². The fourth-order valence-electron chi connectivity index (χ4n) is 3.52. The van der Waals surface area contributed by atoms with Gasteiger partial charge in [0.25, 0.3) is 0 Å². The van der Waals surface area contributed by atoms with Crippen molar-refractivity contribution in [2.24, 2.45) is 0 Å². The molecule has 0 spiro atoms. The molecule has 0 saturated carbocycles. The van der Waals surface area contributed by atoms with Crippen LogP contribution in [0.25, 0.3) is 20.8 Å². The maximum atomic E-state index is 13.0. The molecule has 1 aromatic carbocycles. The number of rotatable bonds is 4. The standard InChI is InChI=1S/C20H17N3OS3/c24-18(10-14-12-26-19(21-14)13-7-9-25-11-13)23-8-3-5-16(23)20-22-15-4-1-2-6-17(15)27-20/h1-2,4,6-7,9,11-12,16H,3,5,8,10H2/t16-/m0/s1. The van der Waals surface area contributed by atoms with Crippen LogP contribution in [0.5, 0.6) is 0 Å². The van der Waals surface area contributed by atoms with Crippen molar-refractivity contribution in [3.05, 3.63) is 57.2 Å². The number of thiazole rings is 2. The SMILES string of the molecule is O=C(Cc1csc(-c2ccsc2)n1)N1CCC[C@H]1c1nc2ccccc2s1. The predicted molar refractivity (Wildman–Crippen MR) is 112 cm³/mol. The highest BCUT2D eigenvalue weighted by molar-refractivity contribution is 7.18. The molecule has 0 unspecified atom stereocenters. The number of benzene rings is 1. The molecule has 1 saturated heterocycles. The second-order valence-corrected chi connectivity index (χ2v) is 9.30. The zero-order chi connectivity index (χ0) is 18.2. The van der Waals surface area contributed by atoms with Crippen LogP contribution < -0.4 is 0 Å². The van der Waals surface area contributed by atoms with E-state index in [4.69, 9.17) is 4.98 Å². The van der Waals surface area contributed by atoms with Gasteiger partial charge in [-0.25, -0.2) is 9.97 Å². The van der Waals surface area contributed by atoms with Crippen LogP contribution in [0.15, 0.2) is 46.5 Å². The Labute approximate surface area is 169 Å². The molecular weight excluding hydrogens is 394 g/mol. The molecule has 1 aliphatic heterocycles. The molecule has 136 valence electrons. The summed E-state index contributed by atoms with van der Waals surface area (Å²) in [4.78, 5) is 24.4. The van der Waals surface area contributed by atoms with Gasteiger partial charge in [-0.05, 0) is 36.4 Å². The molecule has 0 bridgehead atoms. The van der Waals surface area contributed by atoms with Crippen LogP contribution in [0, 0.1) is 0 Å². The lowest BCUT2D eigenvalue weighted by molar-refractivity contribution is -0.131. The summed E-state index contributed by atoms with van der Waals surface area (Å²) < 4.78 is 1.19. The number of carbonyl (C=O) groups is 1. The fraction of sp³-hybridized carbons (Fsp3) is 0.250. The highest BCUT2D eigenvalue weighted by Gasteiger charge is 2.32. The number of likely N-dealkylation sites (tertiary alicyclic amines) is 1. The highest BCUT2D eigenvalue weighted by Crippen LogP contribution is 2.37. The minimum atomic E-state index is 0.102. The molecule has 1 atom stereocenters. The second kappa shape index (κ2) is 7.14. The summed E-state index contributed by atoms with van der Waals surface area (Å²) in [5.74, 6) is 0.152. The molecule has 5 rings (SSSR count). The number of amides is 1. The molecule has 4 nitrogen and oxygen atoms in total. The van der Waals surface area contributed by atoms with Gasteiger partial charge in [-0.1, -0.05) is 12.1 Å². The number of thiophene rings is 1. The van der Waals surface area contributed by atoms with Crippen LogP contribution in [-0.4, -0.2) is 27.3 Å². The van der Waals surface area contributed by atoms with Gasteiger partial charge in [0.05, 0.1) is 28.4 Å². The van der Waals surface area contributed by atoms with Gasteiger partial charge in [0.15, 0.2) is 0 Å². The fourth-order valence-corrected chi connectivity index (χ4v) is 6.17. The normalized spacial score (nSPS) is 17.0. The lowest BCUT2D eigenvalue weighted by Crippen LogP contribution is -2.31. The van der Waals surface area contributed by atoms with E-state index in [2.05, 4.69) is 22.5 Å². The average molecular weight is 412 g/mol. The summed E-state index contributed by atoms with van der Waals surface area (Å²) in [7, 11) is 0. The van der Waals surface area contributed by atoms with Crippen molar-refractivity contribution in [3.63, 3.8) is 0 Å². The van der Waals surface area contributed by atoms with Crippen molar-refractivity contribution < 1.29 is 4.79 Å². The Morgan fingerprint density at radius 2 is 2.11 bits per heavy atom. The monoisotopic (exact) mass is 411 g/mol. The molecular formula is C20H17N3OS3. The van der Waals surface area contributed by atoms with Crippen LogP contribution in [0.1, 0.15) is 29.6 Å². The van der Waals surface area contributed by atoms with Gasteiger partial charge in [-0.15, -0.1) is 22.7 Å².